The smallest absolute Gasteiger partial charge is 0.163 e. The second-order valence-corrected chi connectivity index (χ2v) is 4.63. The van der Waals surface area contributed by atoms with E-state index in [0.29, 0.717) is 5.92 Å². The van der Waals surface area contributed by atoms with Crippen LogP contribution in [0, 0.1) is 5.92 Å². The number of morpholine rings is 1. The summed E-state index contributed by atoms with van der Waals surface area (Å²) < 4.78 is 7.79. The number of nitrogens with zero attached hydrogens (tertiary/aromatic N) is 3. The summed E-state index contributed by atoms with van der Waals surface area (Å²) in [6, 6.07) is 0. The van der Waals surface area contributed by atoms with E-state index in [2.05, 4.69) is 33.9 Å². The summed E-state index contributed by atoms with van der Waals surface area (Å²) in [5, 5.41) is 11.5. The van der Waals surface area contributed by atoms with Gasteiger partial charge in [-0.3, -0.25) is 0 Å². The number of aryl methyl sites for hydroxylation is 1. The summed E-state index contributed by atoms with van der Waals surface area (Å²) >= 11 is 0. The van der Waals surface area contributed by atoms with Crippen LogP contribution in [0.2, 0.25) is 0 Å². The van der Waals surface area contributed by atoms with Crippen molar-refractivity contribution < 1.29 is 4.74 Å². The molecule has 1 atom stereocenters. The Labute approximate surface area is 96.2 Å². The van der Waals surface area contributed by atoms with Crippen LogP contribution in [0.1, 0.15) is 32.2 Å². The number of aromatic nitrogens is 3. The number of hydrogen-bond acceptors (Lipinski definition) is 4. The molecule has 1 unspecified atom stereocenters. The molecule has 1 fully saturated rings. The molecule has 1 aromatic rings. The molecule has 90 valence electrons. The van der Waals surface area contributed by atoms with Crippen LogP contribution < -0.4 is 5.32 Å². The van der Waals surface area contributed by atoms with E-state index >= 15 is 0 Å². The van der Waals surface area contributed by atoms with Crippen molar-refractivity contribution in [2.45, 2.75) is 32.9 Å². The standard InChI is InChI=1S/C11H20N4O/c1-9(2)3-5-15-8-13-14-11(15)10-7-12-4-6-16-10/h8-10,12H,3-7H2,1-2H3. The normalized spacial score (nSPS) is 21.6. The highest BCUT2D eigenvalue weighted by atomic mass is 16.5. The fraction of sp³-hybridized carbons (Fsp3) is 0.818. The van der Waals surface area contributed by atoms with Crippen LogP contribution in [0.3, 0.4) is 0 Å². The zero-order valence-corrected chi connectivity index (χ0v) is 10.0. The van der Waals surface area contributed by atoms with E-state index in [1.165, 1.54) is 0 Å². The Bertz CT molecular complexity index is 318. The number of ether oxygens (including phenoxy) is 1. The second-order valence-electron chi connectivity index (χ2n) is 4.63. The SMILES string of the molecule is CC(C)CCn1cnnc1C1CNCCO1. The third-order valence-corrected chi connectivity index (χ3v) is 2.81. The molecule has 1 aromatic heterocycles. The van der Waals surface area contributed by atoms with Crippen molar-refractivity contribution in [2.24, 2.45) is 5.92 Å². The molecule has 0 amide bonds. The Morgan fingerprint density at radius 2 is 2.50 bits per heavy atom. The first-order valence-corrected chi connectivity index (χ1v) is 5.97. The molecule has 0 aromatic carbocycles. The zero-order valence-electron chi connectivity index (χ0n) is 10.0. The summed E-state index contributed by atoms with van der Waals surface area (Å²) in [6.07, 6.45) is 3.00. The topological polar surface area (TPSA) is 52.0 Å². The van der Waals surface area contributed by atoms with Gasteiger partial charge in [0.15, 0.2) is 5.82 Å². The molecule has 1 saturated heterocycles. The molecule has 2 heterocycles. The maximum atomic E-state index is 5.68. The predicted octanol–water partition coefficient (Wildman–Crippen LogP) is 0.985. The van der Waals surface area contributed by atoms with Crippen LogP contribution >= 0.6 is 0 Å². The van der Waals surface area contributed by atoms with Crippen LogP contribution in [0.25, 0.3) is 0 Å². The van der Waals surface area contributed by atoms with Gasteiger partial charge in [0.1, 0.15) is 12.4 Å². The molecule has 1 aliphatic heterocycles. The van der Waals surface area contributed by atoms with Crippen LogP contribution in [0.15, 0.2) is 6.33 Å². The summed E-state index contributed by atoms with van der Waals surface area (Å²) in [6.45, 7) is 7.93. The minimum atomic E-state index is 0.0587. The Morgan fingerprint density at radius 1 is 1.62 bits per heavy atom. The average molecular weight is 224 g/mol. The molecule has 5 nitrogen and oxygen atoms in total. The van der Waals surface area contributed by atoms with Crippen LogP contribution in [0.4, 0.5) is 0 Å². The fourth-order valence-corrected chi connectivity index (χ4v) is 1.81. The van der Waals surface area contributed by atoms with E-state index in [4.69, 9.17) is 4.74 Å². The summed E-state index contributed by atoms with van der Waals surface area (Å²) in [7, 11) is 0. The largest absolute Gasteiger partial charge is 0.368 e. The molecular weight excluding hydrogens is 204 g/mol. The van der Waals surface area contributed by atoms with Gasteiger partial charge in [0.2, 0.25) is 0 Å². The third-order valence-electron chi connectivity index (χ3n) is 2.81. The highest BCUT2D eigenvalue weighted by Gasteiger charge is 2.21. The average Bonchev–Trinajstić information content (AvgIpc) is 2.75. The van der Waals surface area contributed by atoms with Gasteiger partial charge in [0.05, 0.1) is 6.61 Å². The monoisotopic (exact) mass is 224 g/mol. The molecule has 0 aliphatic carbocycles. The second kappa shape index (κ2) is 5.41. The van der Waals surface area contributed by atoms with Crippen LogP contribution in [-0.2, 0) is 11.3 Å². The van der Waals surface area contributed by atoms with Gasteiger partial charge in [0, 0.05) is 19.6 Å². The minimum Gasteiger partial charge on any atom is -0.368 e. The van der Waals surface area contributed by atoms with E-state index in [1.807, 2.05) is 0 Å². The zero-order chi connectivity index (χ0) is 11.4. The lowest BCUT2D eigenvalue weighted by Gasteiger charge is -2.23. The first-order chi connectivity index (χ1) is 7.77. The fourth-order valence-electron chi connectivity index (χ4n) is 1.81. The van der Waals surface area contributed by atoms with E-state index in [-0.39, 0.29) is 6.10 Å². The molecule has 0 spiro atoms. The quantitative estimate of drug-likeness (QED) is 0.828. The van der Waals surface area contributed by atoms with E-state index in [9.17, 15) is 0 Å². The van der Waals surface area contributed by atoms with Gasteiger partial charge in [-0.05, 0) is 12.3 Å². The first-order valence-electron chi connectivity index (χ1n) is 5.97. The van der Waals surface area contributed by atoms with Crippen LogP contribution in [-0.4, -0.2) is 34.5 Å². The summed E-state index contributed by atoms with van der Waals surface area (Å²) in [4.78, 5) is 0. The maximum absolute atomic E-state index is 5.68. The number of rotatable bonds is 4. The van der Waals surface area contributed by atoms with Gasteiger partial charge in [-0.25, -0.2) is 0 Å². The molecule has 0 radical (unpaired) electrons. The molecular formula is C11H20N4O. The van der Waals surface area contributed by atoms with Crippen molar-refractivity contribution in [2.75, 3.05) is 19.7 Å². The minimum absolute atomic E-state index is 0.0587. The molecule has 0 saturated carbocycles. The Balaban J connectivity index is 2.00. The van der Waals surface area contributed by atoms with E-state index in [0.717, 1.165) is 38.5 Å². The lowest BCUT2D eigenvalue weighted by molar-refractivity contribution is 0.0196. The molecule has 1 N–H and O–H groups in total. The van der Waals surface area contributed by atoms with Crippen molar-refractivity contribution in [3.05, 3.63) is 12.2 Å². The Morgan fingerprint density at radius 3 is 3.19 bits per heavy atom. The molecule has 16 heavy (non-hydrogen) atoms. The van der Waals surface area contributed by atoms with Crippen molar-refractivity contribution in [1.29, 1.82) is 0 Å². The van der Waals surface area contributed by atoms with Crippen molar-refractivity contribution in [3.63, 3.8) is 0 Å². The van der Waals surface area contributed by atoms with E-state index in [1.54, 1.807) is 6.33 Å². The maximum Gasteiger partial charge on any atom is 0.163 e. The predicted molar refractivity (Wildman–Crippen MR) is 61.0 cm³/mol. The highest BCUT2D eigenvalue weighted by Crippen LogP contribution is 2.16. The van der Waals surface area contributed by atoms with Gasteiger partial charge in [-0.15, -0.1) is 10.2 Å². The lowest BCUT2D eigenvalue weighted by atomic mass is 10.1. The molecule has 0 bridgehead atoms. The van der Waals surface area contributed by atoms with Crippen molar-refractivity contribution >= 4 is 0 Å². The van der Waals surface area contributed by atoms with E-state index < -0.39 is 0 Å². The van der Waals surface area contributed by atoms with Gasteiger partial charge in [0.25, 0.3) is 0 Å². The molecule has 2 rings (SSSR count). The van der Waals surface area contributed by atoms with Gasteiger partial charge in [-0.1, -0.05) is 13.8 Å². The highest BCUT2D eigenvalue weighted by molar-refractivity contribution is 4.94. The molecule has 5 heteroatoms. The van der Waals surface area contributed by atoms with Gasteiger partial charge < -0.3 is 14.6 Å². The number of nitrogens with one attached hydrogen (secondary N) is 1. The van der Waals surface area contributed by atoms with Gasteiger partial charge in [-0.2, -0.15) is 0 Å². The van der Waals surface area contributed by atoms with Crippen LogP contribution in [0.5, 0.6) is 0 Å². The Kier molecular flexibility index (Phi) is 3.90. The summed E-state index contributed by atoms with van der Waals surface area (Å²) in [5.74, 6) is 1.65. The van der Waals surface area contributed by atoms with Gasteiger partial charge >= 0.3 is 0 Å². The first kappa shape index (κ1) is 11.5. The third kappa shape index (κ3) is 2.80. The number of hydrogen-bond donors (Lipinski definition) is 1. The van der Waals surface area contributed by atoms with Crippen molar-refractivity contribution in [1.82, 2.24) is 20.1 Å². The van der Waals surface area contributed by atoms with Crippen molar-refractivity contribution in [3.8, 4) is 0 Å². The lowest BCUT2D eigenvalue weighted by Crippen LogP contribution is -2.34. The Hall–Kier alpha value is -0.940. The summed E-state index contributed by atoms with van der Waals surface area (Å²) in [5.41, 5.74) is 0. The molecule has 1 aliphatic rings.